The third kappa shape index (κ3) is 4.19. The molecule has 0 aromatic heterocycles. The first kappa shape index (κ1) is 17.7. The standard InChI is InChI=1S/C17H21BrN2O3/c1-17(2,12-5-3-6-13(18)11-12)16(23)19-9-4-10-20-14(21)7-8-15(20)22/h3,5-6,11H,4,7-10H2,1-2H3,(H,19,23). The van der Waals surface area contributed by atoms with Crippen LogP contribution in [0.1, 0.15) is 38.7 Å². The van der Waals surface area contributed by atoms with Gasteiger partial charge in [-0.1, -0.05) is 28.1 Å². The van der Waals surface area contributed by atoms with Crippen LogP contribution in [0.3, 0.4) is 0 Å². The van der Waals surface area contributed by atoms with Gasteiger partial charge in [0.05, 0.1) is 5.41 Å². The van der Waals surface area contributed by atoms with Gasteiger partial charge in [0.15, 0.2) is 0 Å². The zero-order valence-electron chi connectivity index (χ0n) is 13.4. The molecule has 1 N–H and O–H groups in total. The largest absolute Gasteiger partial charge is 0.355 e. The Morgan fingerprint density at radius 2 is 1.91 bits per heavy atom. The second kappa shape index (κ2) is 7.25. The first-order valence-corrected chi connectivity index (χ1v) is 8.49. The molecule has 1 heterocycles. The van der Waals surface area contributed by atoms with Gasteiger partial charge in [-0.3, -0.25) is 19.3 Å². The van der Waals surface area contributed by atoms with Gasteiger partial charge in [-0.25, -0.2) is 0 Å². The normalized spacial score (nSPS) is 15.2. The van der Waals surface area contributed by atoms with Crippen molar-refractivity contribution in [3.05, 3.63) is 34.3 Å². The fraction of sp³-hybridized carbons (Fsp3) is 0.471. The summed E-state index contributed by atoms with van der Waals surface area (Å²) in [7, 11) is 0. The van der Waals surface area contributed by atoms with Crippen molar-refractivity contribution < 1.29 is 14.4 Å². The predicted molar refractivity (Wildman–Crippen MR) is 90.7 cm³/mol. The molecule has 6 heteroatoms. The van der Waals surface area contributed by atoms with Crippen molar-refractivity contribution >= 4 is 33.7 Å². The molecule has 2 rings (SSSR count). The van der Waals surface area contributed by atoms with Crippen LogP contribution in [0.25, 0.3) is 0 Å². The Morgan fingerprint density at radius 3 is 2.52 bits per heavy atom. The van der Waals surface area contributed by atoms with Crippen molar-refractivity contribution in [1.29, 1.82) is 0 Å². The van der Waals surface area contributed by atoms with Crippen molar-refractivity contribution in [1.82, 2.24) is 10.2 Å². The van der Waals surface area contributed by atoms with E-state index in [9.17, 15) is 14.4 Å². The average molecular weight is 381 g/mol. The Kier molecular flexibility index (Phi) is 5.57. The minimum absolute atomic E-state index is 0.0744. The Hall–Kier alpha value is -1.69. The maximum atomic E-state index is 12.4. The molecule has 1 fully saturated rings. The van der Waals surface area contributed by atoms with Gasteiger partial charge in [-0.05, 0) is 38.0 Å². The third-order valence-corrected chi connectivity index (χ3v) is 4.61. The van der Waals surface area contributed by atoms with Crippen LogP contribution in [0.2, 0.25) is 0 Å². The predicted octanol–water partition coefficient (Wildman–Crippen LogP) is 2.38. The van der Waals surface area contributed by atoms with Gasteiger partial charge in [0.1, 0.15) is 0 Å². The Labute approximate surface area is 144 Å². The van der Waals surface area contributed by atoms with E-state index in [0.29, 0.717) is 32.4 Å². The molecule has 3 amide bonds. The molecule has 1 saturated heterocycles. The molecule has 0 radical (unpaired) electrons. The van der Waals surface area contributed by atoms with E-state index in [-0.39, 0.29) is 17.7 Å². The molecule has 1 aromatic rings. The molecule has 1 aliphatic heterocycles. The first-order valence-electron chi connectivity index (χ1n) is 7.70. The fourth-order valence-electron chi connectivity index (χ4n) is 2.54. The second-order valence-electron chi connectivity index (χ2n) is 6.18. The minimum Gasteiger partial charge on any atom is -0.355 e. The number of imide groups is 1. The van der Waals surface area contributed by atoms with E-state index in [1.54, 1.807) is 0 Å². The lowest BCUT2D eigenvalue weighted by Gasteiger charge is -2.24. The Balaban J connectivity index is 1.84. The summed E-state index contributed by atoms with van der Waals surface area (Å²) in [6, 6.07) is 7.67. The monoisotopic (exact) mass is 380 g/mol. The van der Waals surface area contributed by atoms with Crippen LogP contribution in [0, 0.1) is 0 Å². The summed E-state index contributed by atoms with van der Waals surface area (Å²) in [5.74, 6) is -0.304. The van der Waals surface area contributed by atoms with E-state index >= 15 is 0 Å². The highest BCUT2D eigenvalue weighted by molar-refractivity contribution is 9.10. The lowest BCUT2D eigenvalue weighted by Crippen LogP contribution is -2.41. The number of halogens is 1. The summed E-state index contributed by atoms with van der Waals surface area (Å²) in [6.45, 7) is 4.55. The summed E-state index contributed by atoms with van der Waals surface area (Å²) < 4.78 is 0.932. The van der Waals surface area contributed by atoms with Gasteiger partial charge in [0, 0.05) is 30.4 Å². The van der Waals surface area contributed by atoms with Gasteiger partial charge < -0.3 is 5.32 Å². The number of carbonyl (C=O) groups excluding carboxylic acids is 3. The summed E-state index contributed by atoms with van der Waals surface area (Å²) in [5.41, 5.74) is 0.276. The van der Waals surface area contributed by atoms with Crippen LogP contribution in [-0.4, -0.2) is 35.7 Å². The van der Waals surface area contributed by atoms with E-state index in [2.05, 4.69) is 21.2 Å². The fourth-order valence-corrected chi connectivity index (χ4v) is 2.94. The van der Waals surface area contributed by atoms with Gasteiger partial charge >= 0.3 is 0 Å². The van der Waals surface area contributed by atoms with E-state index in [1.165, 1.54) is 4.90 Å². The van der Waals surface area contributed by atoms with Crippen LogP contribution < -0.4 is 5.32 Å². The molecule has 1 aliphatic rings. The Bertz CT molecular complexity index is 612. The number of nitrogens with zero attached hydrogens (tertiary/aromatic N) is 1. The van der Waals surface area contributed by atoms with Crippen molar-refractivity contribution in [2.24, 2.45) is 0 Å². The number of amides is 3. The summed E-state index contributed by atoms with van der Waals surface area (Å²) >= 11 is 3.42. The highest BCUT2D eigenvalue weighted by Crippen LogP contribution is 2.26. The molecule has 0 aliphatic carbocycles. The quantitative estimate of drug-likeness (QED) is 0.608. The highest BCUT2D eigenvalue weighted by atomic mass is 79.9. The minimum atomic E-state index is -0.650. The number of carbonyl (C=O) groups is 3. The molecule has 0 saturated carbocycles. The molecule has 23 heavy (non-hydrogen) atoms. The van der Waals surface area contributed by atoms with Gasteiger partial charge in [0.25, 0.3) is 0 Å². The van der Waals surface area contributed by atoms with Crippen molar-refractivity contribution in [2.45, 2.75) is 38.5 Å². The molecule has 0 unspecified atom stereocenters. The van der Waals surface area contributed by atoms with Crippen molar-refractivity contribution in [3.8, 4) is 0 Å². The van der Waals surface area contributed by atoms with Crippen LogP contribution >= 0.6 is 15.9 Å². The highest BCUT2D eigenvalue weighted by Gasteiger charge is 2.30. The van der Waals surface area contributed by atoms with Crippen LogP contribution in [0.5, 0.6) is 0 Å². The van der Waals surface area contributed by atoms with Crippen LogP contribution in [-0.2, 0) is 19.8 Å². The molecular formula is C17H21BrN2O3. The molecule has 0 atom stereocenters. The maximum Gasteiger partial charge on any atom is 0.230 e. The van der Waals surface area contributed by atoms with E-state index in [1.807, 2.05) is 38.1 Å². The van der Waals surface area contributed by atoms with E-state index in [0.717, 1.165) is 10.0 Å². The summed E-state index contributed by atoms with van der Waals surface area (Å²) in [4.78, 5) is 36.7. The number of nitrogens with one attached hydrogen (secondary N) is 1. The zero-order chi connectivity index (χ0) is 17.0. The van der Waals surface area contributed by atoms with Gasteiger partial charge in [0.2, 0.25) is 17.7 Å². The van der Waals surface area contributed by atoms with Gasteiger partial charge in [-0.15, -0.1) is 0 Å². The number of rotatable bonds is 6. The van der Waals surface area contributed by atoms with Crippen LogP contribution in [0.4, 0.5) is 0 Å². The SMILES string of the molecule is CC(C)(C(=O)NCCCN1C(=O)CCC1=O)c1cccc(Br)c1. The number of likely N-dealkylation sites (tertiary alicyclic amines) is 1. The second-order valence-corrected chi connectivity index (χ2v) is 7.10. The zero-order valence-corrected chi connectivity index (χ0v) is 15.0. The van der Waals surface area contributed by atoms with Crippen molar-refractivity contribution in [2.75, 3.05) is 13.1 Å². The van der Waals surface area contributed by atoms with Crippen LogP contribution in [0.15, 0.2) is 28.7 Å². The maximum absolute atomic E-state index is 12.4. The topological polar surface area (TPSA) is 66.5 Å². The van der Waals surface area contributed by atoms with E-state index in [4.69, 9.17) is 0 Å². The first-order chi connectivity index (χ1) is 10.8. The lowest BCUT2D eigenvalue weighted by molar-refractivity contribution is -0.138. The third-order valence-electron chi connectivity index (χ3n) is 4.11. The molecule has 0 bridgehead atoms. The molecule has 124 valence electrons. The molecule has 1 aromatic carbocycles. The van der Waals surface area contributed by atoms with E-state index < -0.39 is 5.41 Å². The molecule has 5 nitrogen and oxygen atoms in total. The molecular weight excluding hydrogens is 360 g/mol. The van der Waals surface area contributed by atoms with Gasteiger partial charge in [-0.2, -0.15) is 0 Å². The molecule has 0 spiro atoms. The Morgan fingerprint density at radius 1 is 1.26 bits per heavy atom. The number of benzene rings is 1. The average Bonchev–Trinajstić information content (AvgIpc) is 2.82. The lowest BCUT2D eigenvalue weighted by atomic mass is 9.84. The number of hydrogen-bond acceptors (Lipinski definition) is 3. The number of hydrogen-bond donors (Lipinski definition) is 1. The summed E-state index contributed by atoms with van der Waals surface area (Å²) in [5, 5.41) is 2.89. The smallest absolute Gasteiger partial charge is 0.230 e. The summed E-state index contributed by atoms with van der Waals surface area (Å²) in [6.07, 6.45) is 1.18. The van der Waals surface area contributed by atoms with Crippen molar-refractivity contribution in [3.63, 3.8) is 0 Å².